The van der Waals surface area contributed by atoms with Crippen LogP contribution < -0.4 is 4.90 Å². The van der Waals surface area contributed by atoms with E-state index in [1.165, 1.54) is 0 Å². The maximum Gasteiger partial charge on any atom is 0.310 e. The smallest absolute Gasteiger partial charge is 0.310 e. The molecule has 1 spiro atoms. The van der Waals surface area contributed by atoms with Crippen molar-refractivity contribution in [3.63, 3.8) is 0 Å². The minimum Gasteiger partial charge on any atom is -0.465 e. The van der Waals surface area contributed by atoms with Crippen molar-refractivity contribution in [2.24, 2.45) is 11.8 Å². The van der Waals surface area contributed by atoms with Crippen LogP contribution in [0.2, 0.25) is 0 Å². The van der Waals surface area contributed by atoms with Gasteiger partial charge in [0.05, 0.1) is 35.8 Å². The van der Waals surface area contributed by atoms with Crippen LogP contribution in [0.3, 0.4) is 0 Å². The van der Waals surface area contributed by atoms with Crippen molar-refractivity contribution in [2.45, 2.75) is 54.7 Å². The summed E-state index contributed by atoms with van der Waals surface area (Å²) < 4.78 is 4.81. The summed E-state index contributed by atoms with van der Waals surface area (Å²) >= 11 is 1.60. The van der Waals surface area contributed by atoms with Crippen LogP contribution in [0, 0.1) is 11.8 Å². The van der Waals surface area contributed by atoms with Gasteiger partial charge in [-0.15, -0.1) is 24.9 Å². The van der Waals surface area contributed by atoms with E-state index in [0.717, 1.165) is 22.9 Å². The predicted molar refractivity (Wildman–Crippen MR) is 154 cm³/mol. The number of fused-ring (bicyclic) bond motifs is 2. The Bertz CT molecular complexity index is 1290. The van der Waals surface area contributed by atoms with Gasteiger partial charge in [-0.3, -0.25) is 14.4 Å². The summed E-state index contributed by atoms with van der Waals surface area (Å²) in [6.45, 7) is 9.71. The van der Waals surface area contributed by atoms with Gasteiger partial charge >= 0.3 is 5.97 Å². The number of aliphatic hydroxyl groups excluding tert-OH is 1. The maximum atomic E-state index is 14.6. The summed E-state index contributed by atoms with van der Waals surface area (Å²) in [5.41, 5.74) is 0.723. The minimum absolute atomic E-state index is 0.0737. The first-order valence-electron chi connectivity index (χ1n) is 13.7. The molecule has 2 aromatic carbocycles. The largest absolute Gasteiger partial charge is 0.465 e. The van der Waals surface area contributed by atoms with E-state index in [1.807, 2.05) is 49.4 Å². The van der Waals surface area contributed by atoms with E-state index < -0.39 is 28.7 Å². The van der Waals surface area contributed by atoms with Gasteiger partial charge in [0.1, 0.15) is 6.04 Å². The van der Waals surface area contributed by atoms with Crippen LogP contribution in [0.25, 0.3) is 10.8 Å². The number of likely N-dealkylation sites (tertiary alicyclic amines) is 1. The summed E-state index contributed by atoms with van der Waals surface area (Å²) in [7, 11) is 0. The molecule has 2 aromatic rings. The SMILES string of the molecule is C=CCCOC(=O)[C@@H]1[C@@H]2CCC3(S2)C(C(=O)N(CC=C)c2ccc4ccccc4c2)N([C@@H](CC)CO)C(=O)[C@H]13. The van der Waals surface area contributed by atoms with Gasteiger partial charge in [0.15, 0.2) is 0 Å². The number of hydrogen-bond donors (Lipinski definition) is 1. The van der Waals surface area contributed by atoms with E-state index in [4.69, 9.17) is 4.74 Å². The lowest BCUT2D eigenvalue weighted by atomic mass is 9.71. The van der Waals surface area contributed by atoms with Gasteiger partial charge in [0, 0.05) is 17.5 Å². The first-order chi connectivity index (χ1) is 18.9. The molecule has 39 heavy (non-hydrogen) atoms. The maximum absolute atomic E-state index is 14.6. The highest BCUT2D eigenvalue weighted by Gasteiger charge is 2.74. The number of anilines is 1. The van der Waals surface area contributed by atoms with Crippen LogP contribution in [0.4, 0.5) is 5.69 Å². The zero-order valence-corrected chi connectivity index (χ0v) is 23.1. The van der Waals surface area contributed by atoms with Gasteiger partial charge in [-0.05, 0) is 48.6 Å². The van der Waals surface area contributed by atoms with Crippen molar-refractivity contribution in [3.8, 4) is 0 Å². The average molecular weight is 549 g/mol. The predicted octanol–water partition coefficient (Wildman–Crippen LogP) is 4.34. The molecule has 5 rings (SSSR count). The van der Waals surface area contributed by atoms with Gasteiger partial charge in [-0.2, -0.15) is 0 Å². The zero-order valence-electron chi connectivity index (χ0n) is 22.3. The van der Waals surface area contributed by atoms with E-state index in [0.29, 0.717) is 19.3 Å². The van der Waals surface area contributed by atoms with Crippen LogP contribution in [0.1, 0.15) is 32.6 Å². The quantitative estimate of drug-likeness (QED) is 0.255. The number of aliphatic hydroxyl groups is 1. The standard InChI is InChI=1S/C31H36N2O5S/c1-4-7-17-38-30(37)25-24-14-15-31(39-24)26(25)28(35)33(22(6-3)19-34)27(31)29(36)32(16-5-2)23-13-12-20-10-8-9-11-21(20)18-23/h4-5,8-13,18,22,24-27,34H,1-2,6-7,14-17,19H2,3H3/t22-,24-,25+,26-,27?,31?/m0/s1. The van der Waals surface area contributed by atoms with Crippen molar-refractivity contribution in [2.75, 3.05) is 24.7 Å². The molecule has 7 nitrogen and oxygen atoms in total. The number of rotatable bonds is 11. The van der Waals surface area contributed by atoms with E-state index in [1.54, 1.807) is 33.7 Å². The van der Waals surface area contributed by atoms with E-state index in [-0.39, 0.29) is 42.8 Å². The molecule has 3 fully saturated rings. The zero-order chi connectivity index (χ0) is 27.7. The van der Waals surface area contributed by atoms with Crippen LogP contribution in [-0.4, -0.2) is 69.6 Å². The van der Waals surface area contributed by atoms with Crippen LogP contribution in [0.5, 0.6) is 0 Å². The van der Waals surface area contributed by atoms with Crippen LogP contribution in [0.15, 0.2) is 67.8 Å². The molecule has 2 unspecified atom stereocenters. The molecule has 0 aliphatic carbocycles. The Balaban J connectivity index is 1.56. The number of carbonyl (C=O) groups is 3. The molecular formula is C31H36N2O5S. The molecule has 3 aliphatic rings. The summed E-state index contributed by atoms with van der Waals surface area (Å²) in [5, 5.41) is 12.3. The second kappa shape index (κ2) is 11.2. The van der Waals surface area contributed by atoms with Crippen LogP contribution >= 0.6 is 11.8 Å². The molecule has 0 aromatic heterocycles. The van der Waals surface area contributed by atoms with Crippen molar-refractivity contribution >= 4 is 46.0 Å². The first-order valence-corrected chi connectivity index (χ1v) is 14.6. The monoisotopic (exact) mass is 548 g/mol. The van der Waals surface area contributed by atoms with E-state index in [9.17, 15) is 19.5 Å². The Morgan fingerprint density at radius 3 is 2.69 bits per heavy atom. The molecule has 2 amide bonds. The molecule has 3 saturated heterocycles. The minimum atomic E-state index is -0.806. The Morgan fingerprint density at radius 2 is 2.00 bits per heavy atom. The number of amides is 2. The number of hydrogen-bond acceptors (Lipinski definition) is 6. The molecular weight excluding hydrogens is 512 g/mol. The summed E-state index contributed by atoms with van der Waals surface area (Å²) in [5.74, 6) is -2.08. The molecule has 1 N–H and O–H groups in total. The van der Waals surface area contributed by atoms with Crippen molar-refractivity contribution in [3.05, 3.63) is 67.8 Å². The summed E-state index contributed by atoms with van der Waals surface area (Å²) in [6, 6.07) is 12.5. The number of ether oxygens (including phenoxy) is 1. The van der Waals surface area contributed by atoms with Gasteiger partial charge in [-0.25, -0.2) is 0 Å². The lowest BCUT2D eigenvalue weighted by Gasteiger charge is -2.39. The number of thioether (sulfide) groups is 1. The number of benzene rings is 2. The third-order valence-corrected chi connectivity index (χ3v) is 10.5. The van der Waals surface area contributed by atoms with Gasteiger partial charge in [0.2, 0.25) is 5.91 Å². The Kier molecular flexibility index (Phi) is 7.87. The average Bonchev–Trinajstić information content (AvgIpc) is 3.60. The van der Waals surface area contributed by atoms with Gasteiger partial charge in [0.25, 0.3) is 5.91 Å². The highest BCUT2D eigenvalue weighted by Crippen LogP contribution is 2.67. The third kappa shape index (κ3) is 4.47. The van der Waals surface area contributed by atoms with E-state index >= 15 is 0 Å². The Labute approximate surface area is 233 Å². The number of nitrogens with zero attached hydrogens (tertiary/aromatic N) is 2. The molecule has 206 valence electrons. The summed E-state index contributed by atoms with van der Waals surface area (Å²) in [6.07, 6.45) is 5.80. The molecule has 3 aliphatic heterocycles. The highest BCUT2D eigenvalue weighted by atomic mass is 32.2. The number of carbonyl (C=O) groups excluding carboxylic acids is 3. The van der Waals surface area contributed by atoms with Crippen LogP contribution in [-0.2, 0) is 19.1 Å². The Hall–Kier alpha value is -3.10. The van der Waals surface area contributed by atoms with Gasteiger partial charge in [-0.1, -0.05) is 49.4 Å². The first kappa shape index (κ1) is 27.5. The van der Waals surface area contributed by atoms with Crippen molar-refractivity contribution < 1.29 is 24.2 Å². The summed E-state index contributed by atoms with van der Waals surface area (Å²) in [4.78, 5) is 45.4. The second-order valence-corrected chi connectivity index (χ2v) is 12.2. The second-order valence-electron chi connectivity index (χ2n) is 10.6. The van der Waals surface area contributed by atoms with Crippen molar-refractivity contribution in [1.29, 1.82) is 0 Å². The topological polar surface area (TPSA) is 87.2 Å². The molecule has 2 bridgehead atoms. The molecule has 3 heterocycles. The highest BCUT2D eigenvalue weighted by molar-refractivity contribution is 8.02. The third-order valence-electron chi connectivity index (χ3n) is 8.51. The number of esters is 1. The fourth-order valence-electron chi connectivity index (χ4n) is 6.73. The molecule has 0 saturated carbocycles. The van der Waals surface area contributed by atoms with E-state index in [2.05, 4.69) is 13.2 Å². The lowest BCUT2D eigenvalue weighted by Crippen LogP contribution is -2.57. The fraction of sp³-hybridized carbons (Fsp3) is 0.452. The van der Waals surface area contributed by atoms with Crippen molar-refractivity contribution in [1.82, 2.24) is 4.90 Å². The van der Waals surface area contributed by atoms with Gasteiger partial charge < -0.3 is 19.6 Å². The molecule has 6 atom stereocenters. The fourth-order valence-corrected chi connectivity index (χ4v) is 8.92. The lowest BCUT2D eigenvalue weighted by molar-refractivity contribution is -0.154. The molecule has 0 radical (unpaired) electrons. The Morgan fingerprint density at radius 1 is 1.23 bits per heavy atom. The molecule has 8 heteroatoms. The normalized spacial score (nSPS) is 27.8.